The summed E-state index contributed by atoms with van der Waals surface area (Å²) in [5.74, 6) is -1.55. The van der Waals surface area contributed by atoms with Crippen molar-refractivity contribution in [1.29, 1.82) is 0 Å². The van der Waals surface area contributed by atoms with E-state index in [0.717, 1.165) is 46.0 Å². The molecule has 3 aliphatic rings. The largest absolute Gasteiger partial charge is 0.416 e. The number of nitrogens with zero attached hydrogens (tertiary/aromatic N) is 7. The van der Waals surface area contributed by atoms with Crippen LogP contribution in [0.4, 0.5) is 35.1 Å². The van der Waals surface area contributed by atoms with E-state index in [1.165, 1.54) is 19.3 Å². The van der Waals surface area contributed by atoms with Crippen molar-refractivity contribution >= 4 is 44.1 Å². The Morgan fingerprint density at radius 2 is 1.36 bits per heavy atom. The lowest BCUT2D eigenvalue weighted by molar-refractivity contribution is -0.138. The molecule has 2 aliphatic heterocycles. The minimum atomic E-state index is -4.62. The van der Waals surface area contributed by atoms with Crippen LogP contribution in [0.2, 0.25) is 0 Å². The van der Waals surface area contributed by atoms with Gasteiger partial charge in [0.25, 0.3) is 0 Å². The number of hydrogen-bond acceptors (Lipinski definition) is 8. The van der Waals surface area contributed by atoms with Gasteiger partial charge in [-0.05, 0) is 67.3 Å². The quantitative estimate of drug-likeness (QED) is 0.158. The highest BCUT2D eigenvalue weighted by Crippen LogP contribution is 2.41. The zero-order valence-corrected chi connectivity index (χ0v) is 33.1. The highest BCUT2D eigenvalue weighted by atomic mass is 32.2. The second-order valence-corrected chi connectivity index (χ2v) is 15.7. The fourth-order valence-electron chi connectivity index (χ4n) is 6.85. The summed E-state index contributed by atoms with van der Waals surface area (Å²) >= 11 is -0.750. The Labute approximate surface area is 334 Å². The van der Waals surface area contributed by atoms with Crippen molar-refractivity contribution in [2.45, 2.75) is 57.9 Å². The molecule has 0 spiro atoms. The summed E-state index contributed by atoms with van der Waals surface area (Å²) in [6.07, 6.45) is -2.97. The average molecular weight is 866 g/mol. The molecule has 5 aromatic heterocycles. The molecule has 0 saturated carbocycles. The summed E-state index contributed by atoms with van der Waals surface area (Å²) in [5, 5.41) is -0.321. The van der Waals surface area contributed by atoms with E-state index in [0.29, 0.717) is 29.1 Å². The molecule has 0 amide bonds. The van der Waals surface area contributed by atoms with Crippen molar-refractivity contribution in [3.63, 3.8) is 0 Å². The number of aromatic nitrogens is 7. The van der Waals surface area contributed by atoms with Crippen LogP contribution >= 0.6 is 0 Å². The molecular formula is C38H31F8N7O4S2. The number of aryl methyl sites for hydroxylation is 4. The smallest absolute Gasteiger partial charge is 0.347 e. The monoisotopic (exact) mass is 865 g/mol. The number of alkyl halides is 6. The Morgan fingerprint density at radius 1 is 0.780 bits per heavy atom. The van der Waals surface area contributed by atoms with Crippen LogP contribution in [0.1, 0.15) is 58.7 Å². The summed E-state index contributed by atoms with van der Waals surface area (Å²) in [7, 11) is -2.19. The molecular weight excluding hydrogens is 835 g/mol. The first-order valence-corrected chi connectivity index (χ1v) is 19.8. The Balaban J connectivity index is 0.000000187. The summed E-state index contributed by atoms with van der Waals surface area (Å²) in [6, 6.07) is 6.98. The fraction of sp³-hybridized carbons (Fsp3) is 0.263. The first-order valence-electron chi connectivity index (χ1n) is 17.4. The number of imidazole rings is 2. The van der Waals surface area contributed by atoms with Gasteiger partial charge in [-0.1, -0.05) is 19.9 Å². The Kier molecular flexibility index (Phi) is 11.4. The van der Waals surface area contributed by atoms with Crippen LogP contribution in [-0.4, -0.2) is 55.9 Å². The van der Waals surface area contributed by atoms with Crippen molar-refractivity contribution in [3.8, 4) is 22.8 Å². The summed E-state index contributed by atoms with van der Waals surface area (Å²) in [6.45, 7) is 6.92. The molecule has 8 rings (SSSR count). The molecule has 5 aromatic rings. The van der Waals surface area contributed by atoms with Gasteiger partial charge in [-0.3, -0.25) is 9.38 Å². The third-order valence-corrected chi connectivity index (χ3v) is 11.2. The Hall–Kier alpha value is -5.83. The fourth-order valence-corrected chi connectivity index (χ4v) is 8.04. The van der Waals surface area contributed by atoms with E-state index < -0.39 is 56.5 Å². The van der Waals surface area contributed by atoms with E-state index in [1.54, 1.807) is 41.3 Å². The summed E-state index contributed by atoms with van der Waals surface area (Å²) in [4.78, 5) is 16.8. The minimum Gasteiger partial charge on any atom is -0.347 e. The minimum absolute atomic E-state index is 0.00221. The van der Waals surface area contributed by atoms with Gasteiger partial charge in [-0.2, -0.15) is 34.8 Å². The number of sulfone groups is 1. The Bertz CT molecular complexity index is 2930. The molecule has 0 aromatic carbocycles. The molecule has 0 saturated heterocycles. The van der Waals surface area contributed by atoms with E-state index >= 15 is 8.78 Å². The molecule has 59 heavy (non-hydrogen) atoms. The highest BCUT2D eigenvalue weighted by Gasteiger charge is 2.36. The SMILES string of the molecule is CCS(=O)(=O)c1c(C2=C(F)c3ncc(C)cc3C2)nc2cc(C(F)(F)F)ccn12.CCc1c(-c2nc3cc(C)cn(C)c-3c2F)nc2cc(C(F)(F)F)ccn12.O=S=O. The standard InChI is InChI=1S/C19H16F4N4.C19H15F4N3O2S.O2S/c1-4-13-16(25-14-8-11(19(21,22)23)5-6-27(13)14)17-15(20)18-12(24-17)7-10(2)9-26(18)3;1-3-29(27,28)18-17(13-7-11-6-10(2)9-24-16(11)15(13)20)25-14-8-12(19(21,22)23)4-5-26(14)18;1-3-2/h5-9H,4H2,1-3H3;4-6,8-9H,3,7H2,1-2H3;. The number of rotatable bonds is 5. The molecule has 0 bridgehead atoms. The first kappa shape index (κ1) is 42.8. The number of halogens is 8. The van der Waals surface area contributed by atoms with Crippen LogP contribution in [0.25, 0.3) is 45.5 Å². The van der Waals surface area contributed by atoms with Crippen LogP contribution in [-0.2, 0) is 53.7 Å². The van der Waals surface area contributed by atoms with Gasteiger partial charge in [0.2, 0.25) is 0 Å². The van der Waals surface area contributed by atoms with Gasteiger partial charge in [-0.15, -0.1) is 0 Å². The zero-order chi connectivity index (χ0) is 43.4. The van der Waals surface area contributed by atoms with E-state index in [2.05, 4.69) is 19.9 Å². The molecule has 21 heteroatoms. The van der Waals surface area contributed by atoms with Crippen LogP contribution in [0, 0.1) is 19.7 Å². The number of hydrogen-bond donors (Lipinski definition) is 0. The van der Waals surface area contributed by atoms with Crippen molar-refractivity contribution in [2.24, 2.45) is 7.05 Å². The van der Waals surface area contributed by atoms with Gasteiger partial charge in [0.15, 0.2) is 26.5 Å². The lowest BCUT2D eigenvalue weighted by atomic mass is 10.1. The molecule has 1 aliphatic carbocycles. The third-order valence-electron chi connectivity index (χ3n) is 9.43. The predicted octanol–water partition coefficient (Wildman–Crippen LogP) is 8.44. The summed E-state index contributed by atoms with van der Waals surface area (Å²) < 4.78 is 155. The first-order chi connectivity index (χ1) is 27.6. The van der Waals surface area contributed by atoms with Gasteiger partial charge in [0.1, 0.15) is 39.8 Å². The van der Waals surface area contributed by atoms with E-state index in [-0.39, 0.29) is 56.8 Å². The maximum atomic E-state index is 15.1. The number of pyridine rings is 4. The molecule has 0 N–H and O–H groups in total. The normalized spacial score (nSPS) is 13.1. The molecule has 0 unspecified atom stereocenters. The Morgan fingerprint density at radius 3 is 1.93 bits per heavy atom. The van der Waals surface area contributed by atoms with Crippen molar-refractivity contribution < 1.29 is 52.0 Å². The number of fused-ring (bicyclic) bond motifs is 4. The van der Waals surface area contributed by atoms with Crippen LogP contribution in [0.5, 0.6) is 0 Å². The third kappa shape index (κ3) is 7.99. The second-order valence-electron chi connectivity index (χ2n) is 13.4. The molecule has 0 radical (unpaired) electrons. The average Bonchev–Trinajstić information content (AvgIpc) is 3.90. The highest BCUT2D eigenvalue weighted by molar-refractivity contribution is 7.91. The van der Waals surface area contributed by atoms with Crippen LogP contribution < -0.4 is 0 Å². The van der Waals surface area contributed by atoms with Gasteiger partial charge >= 0.3 is 23.9 Å². The molecule has 11 nitrogen and oxygen atoms in total. The van der Waals surface area contributed by atoms with E-state index in [9.17, 15) is 34.8 Å². The predicted molar refractivity (Wildman–Crippen MR) is 201 cm³/mol. The van der Waals surface area contributed by atoms with Crippen molar-refractivity contribution in [1.82, 2.24) is 33.3 Å². The molecule has 7 heterocycles. The van der Waals surface area contributed by atoms with E-state index in [4.69, 9.17) is 8.42 Å². The lowest BCUT2D eigenvalue weighted by Gasteiger charge is -2.08. The van der Waals surface area contributed by atoms with Gasteiger partial charge in [0, 0.05) is 43.8 Å². The topological polar surface area (TPSA) is 134 Å². The lowest BCUT2D eigenvalue weighted by Crippen LogP contribution is -2.11. The maximum absolute atomic E-state index is 15.1. The van der Waals surface area contributed by atoms with Crippen LogP contribution in [0.15, 0.2) is 66.2 Å². The van der Waals surface area contributed by atoms with Gasteiger partial charge in [0.05, 0.1) is 28.3 Å². The summed E-state index contributed by atoms with van der Waals surface area (Å²) in [5.41, 5.74) is 2.12. The van der Waals surface area contributed by atoms with Crippen molar-refractivity contribution in [2.75, 3.05) is 5.75 Å². The van der Waals surface area contributed by atoms with Gasteiger partial charge in [-0.25, -0.2) is 32.2 Å². The van der Waals surface area contributed by atoms with Gasteiger partial charge < -0.3 is 8.97 Å². The van der Waals surface area contributed by atoms with Crippen molar-refractivity contribution in [3.05, 3.63) is 112 Å². The number of allylic oxidation sites excluding steroid dienone is 1. The molecule has 0 atom stereocenters. The molecule has 310 valence electrons. The maximum Gasteiger partial charge on any atom is 0.416 e. The second kappa shape index (κ2) is 15.7. The van der Waals surface area contributed by atoms with Crippen LogP contribution in [0.3, 0.4) is 0 Å². The molecule has 0 fully saturated rings. The zero-order valence-electron chi connectivity index (χ0n) is 31.5. The van der Waals surface area contributed by atoms with E-state index in [1.807, 2.05) is 13.8 Å².